The number of hydrogen-bond donors (Lipinski definition) is 1. The topological polar surface area (TPSA) is 67.9 Å². The Kier molecular flexibility index (Phi) is 9.72. The van der Waals surface area contributed by atoms with Crippen LogP contribution in [0.15, 0.2) is 97.1 Å². The fourth-order valence-corrected chi connectivity index (χ4v) is 4.99. The predicted octanol–water partition coefficient (Wildman–Crippen LogP) is 7.79. The first-order chi connectivity index (χ1) is 19.2. The van der Waals surface area contributed by atoms with Crippen LogP contribution in [-0.2, 0) is 23.1 Å². The second-order valence-electron chi connectivity index (χ2n) is 10.4. The van der Waals surface area contributed by atoms with E-state index in [2.05, 4.69) is 47.7 Å². The lowest BCUT2D eigenvalue weighted by Gasteiger charge is -2.28. The van der Waals surface area contributed by atoms with Gasteiger partial charge in [0.2, 0.25) is 10.0 Å². The van der Waals surface area contributed by atoms with Crippen molar-refractivity contribution in [3.8, 4) is 17.2 Å². The van der Waals surface area contributed by atoms with Gasteiger partial charge in [0.25, 0.3) is 0 Å². The Hall–Kier alpha value is -3.97. The van der Waals surface area contributed by atoms with E-state index in [0.717, 1.165) is 40.5 Å². The Morgan fingerprint density at radius 1 is 0.775 bits per heavy atom. The first-order valence-electron chi connectivity index (χ1n) is 13.5. The van der Waals surface area contributed by atoms with Gasteiger partial charge in [0.15, 0.2) is 0 Å². The molecule has 7 heteroatoms. The van der Waals surface area contributed by atoms with Crippen molar-refractivity contribution in [2.24, 2.45) is 5.92 Å². The summed E-state index contributed by atoms with van der Waals surface area (Å²) in [5.74, 6) is 2.87. The molecule has 0 aromatic heterocycles. The molecule has 4 aromatic carbocycles. The molecule has 4 aromatic rings. The van der Waals surface area contributed by atoms with E-state index in [4.69, 9.17) is 9.47 Å². The van der Waals surface area contributed by atoms with Gasteiger partial charge >= 0.3 is 0 Å². The number of hydrogen-bond acceptors (Lipinski definition) is 5. The molecule has 6 nitrogen and oxygen atoms in total. The molecular formula is C33H38N2O4S. The Labute approximate surface area is 238 Å². The minimum absolute atomic E-state index is 0.581. The third-order valence-electron chi connectivity index (χ3n) is 6.46. The second kappa shape index (κ2) is 13.4. The van der Waals surface area contributed by atoms with E-state index in [9.17, 15) is 8.42 Å². The molecule has 0 radical (unpaired) electrons. The number of anilines is 2. The molecule has 0 aliphatic rings. The van der Waals surface area contributed by atoms with Crippen molar-refractivity contribution in [3.63, 3.8) is 0 Å². The first kappa shape index (κ1) is 29.0. The highest BCUT2D eigenvalue weighted by Crippen LogP contribution is 2.31. The summed E-state index contributed by atoms with van der Waals surface area (Å²) in [6.07, 6.45) is 2.17. The zero-order chi connectivity index (χ0) is 28.5. The summed E-state index contributed by atoms with van der Waals surface area (Å²) >= 11 is 0. The lowest BCUT2D eigenvalue weighted by Crippen LogP contribution is -2.23. The summed E-state index contributed by atoms with van der Waals surface area (Å²) in [6.45, 7) is 8.30. The number of rotatable bonds is 13. The quantitative estimate of drug-likeness (QED) is 0.181. The first-order valence-corrected chi connectivity index (χ1v) is 15.4. The normalized spacial score (nSPS) is 11.3. The van der Waals surface area contributed by atoms with Crippen molar-refractivity contribution in [1.29, 1.82) is 0 Å². The molecule has 0 aliphatic heterocycles. The predicted molar refractivity (Wildman–Crippen MR) is 164 cm³/mol. The summed E-state index contributed by atoms with van der Waals surface area (Å²) in [5, 5.41) is 0. The van der Waals surface area contributed by atoms with E-state index >= 15 is 0 Å². The van der Waals surface area contributed by atoms with Gasteiger partial charge < -0.3 is 14.4 Å². The maximum atomic E-state index is 11.9. The van der Waals surface area contributed by atoms with Crippen molar-refractivity contribution in [2.75, 3.05) is 22.5 Å². The molecule has 0 atom stereocenters. The van der Waals surface area contributed by atoms with E-state index in [1.807, 2.05) is 73.7 Å². The average molecular weight is 559 g/mol. The van der Waals surface area contributed by atoms with Gasteiger partial charge in [-0.2, -0.15) is 0 Å². The van der Waals surface area contributed by atoms with Gasteiger partial charge in [-0.25, -0.2) is 8.42 Å². The third-order valence-corrected chi connectivity index (χ3v) is 7.05. The van der Waals surface area contributed by atoms with Gasteiger partial charge in [0, 0.05) is 24.8 Å². The minimum atomic E-state index is -3.39. The molecular weight excluding hydrogens is 520 g/mol. The number of benzene rings is 4. The molecule has 0 unspecified atom stereocenters. The Morgan fingerprint density at radius 3 is 2.10 bits per heavy atom. The molecule has 40 heavy (non-hydrogen) atoms. The van der Waals surface area contributed by atoms with Gasteiger partial charge in [-0.3, -0.25) is 4.72 Å². The Bertz CT molecular complexity index is 1490. The monoisotopic (exact) mass is 558 g/mol. The number of sulfonamides is 1. The van der Waals surface area contributed by atoms with Crippen LogP contribution in [0, 0.1) is 12.8 Å². The molecule has 0 heterocycles. The summed E-state index contributed by atoms with van der Waals surface area (Å²) < 4.78 is 38.5. The molecule has 210 valence electrons. The zero-order valence-corrected chi connectivity index (χ0v) is 24.4. The highest BCUT2D eigenvalue weighted by atomic mass is 32.2. The number of nitrogens with one attached hydrogen (secondary N) is 1. The maximum Gasteiger partial charge on any atom is 0.229 e. The summed E-state index contributed by atoms with van der Waals surface area (Å²) in [5.41, 5.74) is 4.69. The lowest BCUT2D eigenvalue weighted by molar-refractivity contribution is 0.288. The van der Waals surface area contributed by atoms with E-state index in [1.165, 1.54) is 11.8 Å². The fraction of sp³-hybridized carbons (Fsp3) is 0.273. The minimum Gasteiger partial charge on any atom is -0.493 e. The maximum absolute atomic E-state index is 11.9. The summed E-state index contributed by atoms with van der Waals surface area (Å²) in [6, 6.07) is 31.7. The van der Waals surface area contributed by atoms with Gasteiger partial charge in [-0.1, -0.05) is 68.4 Å². The van der Waals surface area contributed by atoms with Crippen LogP contribution >= 0.6 is 0 Å². The third kappa shape index (κ3) is 8.78. The molecule has 0 saturated carbocycles. The van der Waals surface area contributed by atoms with Crippen molar-refractivity contribution in [3.05, 3.63) is 114 Å². The standard InChI is InChI=1S/C33H38N2O4S/c1-25(2)20-21-38-30-12-8-13-31(22-30)39-29-18-16-28(17-19-29)24-35(23-27-10-6-5-7-11-27)33-15-9-14-32(26(33)3)34-40(4,36)37/h5-19,22,25,34H,20-21,23-24H2,1-4H3. The van der Waals surface area contributed by atoms with E-state index in [0.29, 0.717) is 31.3 Å². The van der Waals surface area contributed by atoms with Crippen LogP contribution in [-0.4, -0.2) is 21.3 Å². The van der Waals surface area contributed by atoms with Crippen LogP contribution in [0.1, 0.15) is 37.0 Å². The lowest BCUT2D eigenvalue weighted by atomic mass is 10.1. The molecule has 0 saturated heterocycles. The van der Waals surface area contributed by atoms with E-state index in [1.54, 1.807) is 6.07 Å². The van der Waals surface area contributed by atoms with Gasteiger partial charge in [0.05, 0.1) is 18.6 Å². The van der Waals surface area contributed by atoms with Gasteiger partial charge in [0.1, 0.15) is 17.2 Å². The Balaban J connectivity index is 1.51. The Morgan fingerprint density at radius 2 is 1.43 bits per heavy atom. The summed E-state index contributed by atoms with van der Waals surface area (Å²) in [4.78, 5) is 2.26. The van der Waals surface area contributed by atoms with Crippen LogP contribution in [0.2, 0.25) is 0 Å². The van der Waals surface area contributed by atoms with Crippen LogP contribution in [0.3, 0.4) is 0 Å². The molecule has 1 N–H and O–H groups in total. The van der Waals surface area contributed by atoms with Crippen molar-refractivity contribution < 1.29 is 17.9 Å². The SMILES string of the molecule is Cc1c(NS(C)(=O)=O)cccc1N(Cc1ccccc1)Cc1ccc(Oc2cccc(OCCC(C)C)c2)cc1. The smallest absolute Gasteiger partial charge is 0.229 e. The van der Waals surface area contributed by atoms with Crippen LogP contribution < -0.4 is 19.1 Å². The molecule has 0 amide bonds. The second-order valence-corrected chi connectivity index (χ2v) is 12.2. The zero-order valence-electron chi connectivity index (χ0n) is 23.6. The average Bonchev–Trinajstić information content (AvgIpc) is 2.91. The van der Waals surface area contributed by atoms with Gasteiger partial charge in [-0.05, 0) is 72.4 Å². The molecule has 0 fully saturated rings. The van der Waals surface area contributed by atoms with Crippen LogP contribution in [0.5, 0.6) is 17.2 Å². The number of ether oxygens (including phenoxy) is 2. The van der Waals surface area contributed by atoms with Gasteiger partial charge in [-0.15, -0.1) is 0 Å². The number of nitrogens with zero attached hydrogens (tertiary/aromatic N) is 1. The molecule has 4 rings (SSSR count). The van der Waals surface area contributed by atoms with Crippen molar-refractivity contribution in [1.82, 2.24) is 0 Å². The van der Waals surface area contributed by atoms with Crippen molar-refractivity contribution in [2.45, 2.75) is 40.3 Å². The molecule has 0 spiro atoms. The van der Waals surface area contributed by atoms with E-state index < -0.39 is 10.0 Å². The van der Waals surface area contributed by atoms with E-state index in [-0.39, 0.29) is 0 Å². The highest BCUT2D eigenvalue weighted by Gasteiger charge is 2.15. The highest BCUT2D eigenvalue weighted by molar-refractivity contribution is 7.92. The fourth-order valence-electron chi connectivity index (χ4n) is 4.37. The largest absolute Gasteiger partial charge is 0.493 e. The molecule has 0 aliphatic carbocycles. The van der Waals surface area contributed by atoms with Crippen molar-refractivity contribution >= 4 is 21.4 Å². The molecule has 0 bridgehead atoms. The van der Waals surface area contributed by atoms with Crippen LogP contribution in [0.25, 0.3) is 0 Å². The summed E-state index contributed by atoms with van der Waals surface area (Å²) in [7, 11) is -3.39. The van der Waals surface area contributed by atoms with Crippen LogP contribution in [0.4, 0.5) is 11.4 Å².